The van der Waals surface area contributed by atoms with E-state index in [0.717, 1.165) is 0 Å². The SMILES string of the molecule is CC(N)CCC(=O)N(C)C(C)c1ccccc1F.Cl. The second kappa shape index (κ2) is 8.12. The van der Waals surface area contributed by atoms with Gasteiger partial charge in [-0.05, 0) is 26.3 Å². The number of amides is 1. The monoisotopic (exact) mass is 288 g/mol. The molecule has 3 nitrogen and oxygen atoms in total. The van der Waals surface area contributed by atoms with Gasteiger partial charge in [0.2, 0.25) is 5.91 Å². The van der Waals surface area contributed by atoms with E-state index in [1.165, 1.54) is 6.07 Å². The highest BCUT2D eigenvalue weighted by atomic mass is 35.5. The van der Waals surface area contributed by atoms with Gasteiger partial charge in [0.05, 0.1) is 6.04 Å². The predicted octanol–water partition coefficient (Wildman–Crippen LogP) is 2.89. The molecule has 1 rings (SSSR count). The maximum absolute atomic E-state index is 13.6. The highest BCUT2D eigenvalue weighted by Gasteiger charge is 2.19. The summed E-state index contributed by atoms with van der Waals surface area (Å²) in [4.78, 5) is 13.5. The van der Waals surface area contributed by atoms with E-state index in [-0.39, 0.29) is 36.2 Å². The minimum absolute atomic E-state index is 0. The Bertz CT molecular complexity index is 412. The van der Waals surface area contributed by atoms with Gasteiger partial charge >= 0.3 is 0 Å². The lowest BCUT2D eigenvalue weighted by Gasteiger charge is -2.26. The fourth-order valence-electron chi connectivity index (χ4n) is 1.77. The number of hydrogen-bond acceptors (Lipinski definition) is 2. The van der Waals surface area contributed by atoms with E-state index in [2.05, 4.69) is 0 Å². The molecule has 2 N–H and O–H groups in total. The van der Waals surface area contributed by atoms with Crippen molar-refractivity contribution in [3.05, 3.63) is 35.6 Å². The Morgan fingerprint density at radius 3 is 2.47 bits per heavy atom. The van der Waals surface area contributed by atoms with E-state index in [9.17, 15) is 9.18 Å². The van der Waals surface area contributed by atoms with Crippen LogP contribution >= 0.6 is 12.4 Å². The highest BCUT2D eigenvalue weighted by Crippen LogP contribution is 2.22. The number of carbonyl (C=O) groups excluding carboxylic acids is 1. The largest absolute Gasteiger partial charge is 0.339 e. The number of hydrogen-bond donors (Lipinski definition) is 1. The van der Waals surface area contributed by atoms with E-state index in [0.29, 0.717) is 18.4 Å². The van der Waals surface area contributed by atoms with E-state index in [4.69, 9.17) is 5.73 Å². The zero-order valence-electron chi connectivity index (χ0n) is 11.6. The van der Waals surface area contributed by atoms with Gasteiger partial charge in [0.1, 0.15) is 5.82 Å². The molecule has 0 heterocycles. The van der Waals surface area contributed by atoms with Gasteiger partial charge < -0.3 is 10.6 Å². The van der Waals surface area contributed by atoms with Crippen LogP contribution < -0.4 is 5.73 Å². The molecular weight excluding hydrogens is 267 g/mol. The molecule has 0 aliphatic heterocycles. The molecule has 0 aromatic heterocycles. The third-order valence-corrected chi connectivity index (χ3v) is 3.14. The van der Waals surface area contributed by atoms with Crippen molar-refractivity contribution in [2.75, 3.05) is 7.05 Å². The maximum Gasteiger partial charge on any atom is 0.222 e. The second-order valence-corrected chi connectivity index (χ2v) is 4.72. The molecule has 1 amide bonds. The molecule has 0 spiro atoms. The van der Waals surface area contributed by atoms with Crippen molar-refractivity contribution in [2.45, 2.75) is 38.8 Å². The van der Waals surface area contributed by atoms with Crippen molar-refractivity contribution in [3.8, 4) is 0 Å². The molecule has 1 aromatic carbocycles. The molecule has 0 radical (unpaired) electrons. The van der Waals surface area contributed by atoms with Crippen LogP contribution in [0.25, 0.3) is 0 Å². The number of benzene rings is 1. The first kappa shape index (κ1) is 17.9. The summed E-state index contributed by atoms with van der Waals surface area (Å²) in [5.41, 5.74) is 6.16. The van der Waals surface area contributed by atoms with E-state index in [1.807, 2.05) is 13.8 Å². The number of halogens is 2. The smallest absolute Gasteiger partial charge is 0.222 e. The van der Waals surface area contributed by atoms with Crippen molar-refractivity contribution < 1.29 is 9.18 Å². The van der Waals surface area contributed by atoms with E-state index in [1.54, 1.807) is 30.1 Å². The van der Waals surface area contributed by atoms with Gasteiger partial charge in [0.25, 0.3) is 0 Å². The molecule has 0 fully saturated rings. The van der Waals surface area contributed by atoms with E-state index >= 15 is 0 Å². The van der Waals surface area contributed by atoms with Crippen LogP contribution in [-0.2, 0) is 4.79 Å². The maximum atomic E-state index is 13.6. The summed E-state index contributed by atoms with van der Waals surface area (Å²) in [6.07, 6.45) is 1.04. The lowest BCUT2D eigenvalue weighted by Crippen LogP contribution is -2.31. The molecular formula is C14H22ClFN2O. The zero-order chi connectivity index (χ0) is 13.7. The first-order valence-corrected chi connectivity index (χ1v) is 6.19. The molecule has 0 aliphatic carbocycles. The lowest BCUT2D eigenvalue weighted by atomic mass is 10.1. The Hall–Kier alpha value is -1.13. The normalized spacial score (nSPS) is 13.3. The Morgan fingerprint density at radius 2 is 1.95 bits per heavy atom. The van der Waals surface area contributed by atoms with Crippen molar-refractivity contribution in [1.82, 2.24) is 4.90 Å². The van der Waals surface area contributed by atoms with Crippen molar-refractivity contribution >= 4 is 18.3 Å². The first-order valence-electron chi connectivity index (χ1n) is 6.19. The summed E-state index contributed by atoms with van der Waals surface area (Å²) in [6.45, 7) is 3.69. The topological polar surface area (TPSA) is 46.3 Å². The number of rotatable bonds is 5. The van der Waals surface area contributed by atoms with Crippen LogP contribution in [0.4, 0.5) is 4.39 Å². The fraction of sp³-hybridized carbons (Fsp3) is 0.500. The zero-order valence-corrected chi connectivity index (χ0v) is 12.4. The Morgan fingerprint density at radius 1 is 1.37 bits per heavy atom. The van der Waals surface area contributed by atoms with Gasteiger partial charge in [0, 0.05) is 25.1 Å². The van der Waals surface area contributed by atoms with Gasteiger partial charge in [-0.25, -0.2) is 4.39 Å². The number of nitrogens with zero attached hydrogens (tertiary/aromatic N) is 1. The summed E-state index contributed by atoms with van der Waals surface area (Å²) < 4.78 is 13.6. The van der Waals surface area contributed by atoms with Crippen molar-refractivity contribution in [2.24, 2.45) is 5.73 Å². The van der Waals surface area contributed by atoms with Crippen LogP contribution in [0.2, 0.25) is 0 Å². The quantitative estimate of drug-likeness (QED) is 0.905. The summed E-state index contributed by atoms with van der Waals surface area (Å²) in [5.74, 6) is -0.292. The molecule has 108 valence electrons. The Balaban J connectivity index is 0.00000324. The predicted molar refractivity (Wildman–Crippen MR) is 77.7 cm³/mol. The van der Waals surface area contributed by atoms with Gasteiger partial charge in [-0.2, -0.15) is 0 Å². The highest BCUT2D eigenvalue weighted by molar-refractivity contribution is 5.85. The van der Waals surface area contributed by atoms with Gasteiger partial charge in [-0.3, -0.25) is 4.79 Å². The Kier molecular flexibility index (Phi) is 7.64. The molecule has 2 atom stereocenters. The summed E-state index contributed by atoms with van der Waals surface area (Å²) >= 11 is 0. The van der Waals surface area contributed by atoms with Crippen LogP contribution in [0.15, 0.2) is 24.3 Å². The molecule has 5 heteroatoms. The van der Waals surface area contributed by atoms with Crippen LogP contribution in [-0.4, -0.2) is 23.9 Å². The Labute approximate surface area is 120 Å². The molecule has 0 bridgehead atoms. The van der Waals surface area contributed by atoms with Crippen LogP contribution in [0.3, 0.4) is 0 Å². The average molecular weight is 289 g/mol. The van der Waals surface area contributed by atoms with Crippen LogP contribution in [0.5, 0.6) is 0 Å². The molecule has 19 heavy (non-hydrogen) atoms. The standard InChI is InChI=1S/C14H21FN2O.ClH/c1-10(16)8-9-14(18)17(3)11(2)12-6-4-5-7-13(12)15;/h4-7,10-11H,8-9,16H2,1-3H3;1H. The van der Waals surface area contributed by atoms with Crippen molar-refractivity contribution in [1.29, 1.82) is 0 Å². The van der Waals surface area contributed by atoms with Gasteiger partial charge in [-0.1, -0.05) is 18.2 Å². The molecule has 0 saturated heterocycles. The minimum atomic E-state index is -0.281. The third kappa shape index (κ3) is 5.17. The minimum Gasteiger partial charge on any atom is -0.339 e. The lowest BCUT2D eigenvalue weighted by molar-refractivity contribution is -0.132. The van der Waals surface area contributed by atoms with Crippen LogP contribution in [0.1, 0.15) is 38.3 Å². The fourth-order valence-corrected chi connectivity index (χ4v) is 1.77. The average Bonchev–Trinajstić information content (AvgIpc) is 2.34. The van der Waals surface area contributed by atoms with Crippen LogP contribution in [0, 0.1) is 5.82 Å². The van der Waals surface area contributed by atoms with E-state index < -0.39 is 0 Å². The number of nitrogens with two attached hydrogens (primary N) is 1. The molecule has 2 unspecified atom stereocenters. The molecule has 0 aliphatic rings. The third-order valence-electron chi connectivity index (χ3n) is 3.14. The summed E-state index contributed by atoms with van der Waals surface area (Å²) in [6, 6.07) is 6.26. The second-order valence-electron chi connectivity index (χ2n) is 4.72. The summed E-state index contributed by atoms with van der Waals surface area (Å²) in [5, 5.41) is 0. The number of carbonyl (C=O) groups is 1. The van der Waals surface area contributed by atoms with Crippen molar-refractivity contribution in [3.63, 3.8) is 0 Å². The summed E-state index contributed by atoms with van der Waals surface area (Å²) in [7, 11) is 1.70. The molecule has 1 aromatic rings. The van der Waals surface area contributed by atoms with Gasteiger partial charge in [-0.15, -0.1) is 12.4 Å². The molecule has 0 saturated carbocycles. The first-order chi connectivity index (χ1) is 8.43. The van der Waals surface area contributed by atoms with Gasteiger partial charge in [0.15, 0.2) is 0 Å².